The fourth-order valence-corrected chi connectivity index (χ4v) is 8.91. The number of nitrogens with two attached hydrogens (primary N) is 1. The average Bonchev–Trinajstić information content (AvgIpc) is 3.69. The number of piperidine rings is 1. The Labute approximate surface area is 220 Å². The number of alkyl halides is 2. The van der Waals surface area contributed by atoms with E-state index in [-0.39, 0.29) is 6.04 Å². The van der Waals surface area contributed by atoms with Gasteiger partial charge in [0.05, 0.1) is 6.04 Å². The molecule has 1 unspecified atom stereocenters. The molecular weight excluding hydrogens is 586 g/mol. The molecule has 4 aromatic rings. The van der Waals surface area contributed by atoms with E-state index >= 15 is 0 Å². The van der Waals surface area contributed by atoms with E-state index in [0.29, 0.717) is 35.6 Å². The molecule has 2 aliphatic rings. The van der Waals surface area contributed by atoms with Crippen LogP contribution in [0.2, 0.25) is 0 Å². The van der Waals surface area contributed by atoms with Crippen molar-refractivity contribution < 1.29 is 13.9 Å². The number of carbonyl (C=O) groups excluding carboxylic acids is 1. The van der Waals surface area contributed by atoms with Crippen LogP contribution < -0.4 is 10.5 Å². The number of nitrogens with zero attached hydrogens (tertiary/aromatic N) is 5. The first-order valence-electron chi connectivity index (χ1n) is 12.1. The Hall–Kier alpha value is -3.54. The van der Waals surface area contributed by atoms with Crippen molar-refractivity contribution in [2.24, 2.45) is 0 Å². The number of fused-ring (bicyclic) bond motifs is 1. The molecule has 1 amide bonds. The van der Waals surface area contributed by atoms with Crippen molar-refractivity contribution in [3.63, 3.8) is 0 Å². The molecule has 2 aromatic carbocycles. The summed E-state index contributed by atoms with van der Waals surface area (Å²) in [7, 11) is 0. The quantitative estimate of drug-likeness (QED) is 0.183. The number of likely N-dealkylation sites (tertiary alicyclic amines) is 1. The van der Waals surface area contributed by atoms with Gasteiger partial charge in [-0.25, -0.2) is 14.4 Å². The van der Waals surface area contributed by atoms with Gasteiger partial charge in [-0.3, -0.25) is 4.79 Å². The third-order valence-corrected chi connectivity index (χ3v) is 11.3. The molecule has 190 valence electrons. The average molecular weight is 612 g/mol. The van der Waals surface area contributed by atoms with Crippen molar-refractivity contribution in [1.82, 2.24) is 24.6 Å². The van der Waals surface area contributed by atoms with Crippen LogP contribution >= 0.6 is 19.8 Å². The van der Waals surface area contributed by atoms with Crippen LogP contribution in [-0.4, -0.2) is 52.5 Å². The van der Waals surface area contributed by atoms with E-state index in [2.05, 4.69) is 28.7 Å². The van der Waals surface area contributed by atoms with Crippen LogP contribution in [0.15, 0.2) is 67.3 Å². The van der Waals surface area contributed by atoms with Gasteiger partial charge in [0, 0.05) is 13.1 Å². The number of amides is 1. The Morgan fingerprint density at radius 3 is 2.46 bits per heavy atom. The van der Waals surface area contributed by atoms with Crippen molar-refractivity contribution in [1.29, 1.82) is 0 Å². The first-order valence-corrected chi connectivity index (χ1v) is 16.2. The molecule has 2 aliphatic heterocycles. The predicted octanol–water partition coefficient (Wildman–Crippen LogP) is 5.20. The zero-order chi connectivity index (χ0) is 25.5. The molecule has 0 spiro atoms. The molecule has 8 nitrogen and oxygen atoms in total. The molecule has 2 saturated heterocycles. The molecule has 2 aromatic heterocycles. The topological polar surface area (TPSA) is 99.2 Å². The fraction of sp³-hybridized carbons (Fsp3) is 0.259. The molecule has 0 radical (unpaired) electrons. The van der Waals surface area contributed by atoms with Gasteiger partial charge in [-0.1, -0.05) is 6.58 Å². The molecule has 4 heterocycles. The van der Waals surface area contributed by atoms with E-state index in [1.807, 2.05) is 36.4 Å². The second-order valence-corrected chi connectivity index (χ2v) is 15.1. The standard InChI is InChI=1S/C27H26FIN6O2/c1-17(28)27(36)34-14-2-3-20(15-34)35-26-23(25(30)31-16-32-26)24(33-35)18-4-8-21(9-5-18)37-22-10-6-19(7-11-22)29-12-13-29/h4-11,16,20H,1-3,12-15H2,(H2,30,31,32). The van der Waals surface area contributed by atoms with Gasteiger partial charge in [0.1, 0.15) is 6.33 Å². The van der Waals surface area contributed by atoms with Crippen LogP contribution in [0.5, 0.6) is 11.5 Å². The number of hydrogen-bond acceptors (Lipinski definition) is 6. The Kier molecular flexibility index (Phi) is 6.27. The number of rotatable bonds is 6. The van der Waals surface area contributed by atoms with Crippen LogP contribution in [0.1, 0.15) is 18.9 Å². The Balaban J connectivity index is 1.28. The molecular formula is C27H26FIN6O2. The molecule has 2 N–H and O–H groups in total. The number of hydrogen-bond donors (Lipinski definition) is 1. The number of aromatic nitrogens is 4. The summed E-state index contributed by atoms with van der Waals surface area (Å²) < 4.78 is 25.7. The first kappa shape index (κ1) is 23.8. The maximum atomic E-state index is 13.5. The van der Waals surface area contributed by atoms with Crippen LogP contribution in [0, 0.1) is 3.57 Å². The molecule has 10 heteroatoms. The first-order chi connectivity index (χ1) is 18.0. The van der Waals surface area contributed by atoms with Crippen LogP contribution in [0.4, 0.5) is 10.2 Å². The number of halogens is 2. The van der Waals surface area contributed by atoms with Crippen molar-refractivity contribution in [2.45, 2.75) is 18.9 Å². The zero-order valence-electron chi connectivity index (χ0n) is 20.1. The summed E-state index contributed by atoms with van der Waals surface area (Å²) in [6.07, 6.45) is 2.90. The second kappa shape index (κ2) is 9.73. The molecule has 0 aliphatic carbocycles. The molecule has 0 saturated carbocycles. The van der Waals surface area contributed by atoms with Gasteiger partial charge in [0.2, 0.25) is 0 Å². The number of carbonyl (C=O) groups is 1. The SMILES string of the molecule is C=C(F)C(=O)N1CCCC(n2nc(-c3ccc(Oc4ccc(I5CC5)cc4)cc3)c3c(N)ncnc32)C1. The van der Waals surface area contributed by atoms with Crippen LogP contribution in [0.25, 0.3) is 22.3 Å². The van der Waals surface area contributed by atoms with E-state index in [0.717, 1.165) is 29.9 Å². The Morgan fingerprint density at radius 2 is 1.78 bits per heavy atom. The number of nitrogen functional groups attached to an aromatic ring is 1. The molecule has 2 fully saturated rings. The number of benzene rings is 2. The van der Waals surface area contributed by atoms with E-state index < -0.39 is 31.6 Å². The maximum absolute atomic E-state index is 13.5. The van der Waals surface area contributed by atoms with Crippen LogP contribution in [-0.2, 0) is 4.79 Å². The second-order valence-electron chi connectivity index (χ2n) is 9.12. The van der Waals surface area contributed by atoms with Crippen LogP contribution in [0.3, 0.4) is 0 Å². The summed E-state index contributed by atoms with van der Waals surface area (Å²) in [5.74, 6) is 0.223. The minimum absolute atomic E-state index is 0.174. The predicted molar refractivity (Wildman–Crippen MR) is 149 cm³/mol. The summed E-state index contributed by atoms with van der Waals surface area (Å²) in [6, 6.07) is 16.0. The fourth-order valence-electron chi connectivity index (χ4n) is 4.71. The van der Waals surface area contributed by atoms with E-state index in [4.69, 9.17) is 15.6 Å². The minimum atomic E-state index is -0.957. The van der Waals surface area contributed by atoms with Gasteiger partial charge in [0.15, 0.2) is 5.83 Å². The Bertz CT molecular complexity index is 1480. The van der Waals surface area contributed by atoms with Gasteiger partial charge in [-0.15, -0.1) is 0 Å². The zero-order valence-corrected chi connectivity index (χ0v) is 22.3. The van der Waals surface area contributed by atoms with E-state index in [1.165, 1.54) is 23.7 Å². The van der Waals surface area contributed by atoms with E-state index in [9.17, 15) is 9.18 Å². The summed E-state index contributed by atoms with van der Waals surface area (Å²) in [5, 5.41) is 5.52. The normalized spacial score (nSPS) is 18.1. The molecule has 0 bridgehead atoms. The summed E-state index contributed by atoms with van der Waals surface area (Å²) in [4.78, 5) is 22.3. The van der Waals surface area contributed by atoms with Crippen molar-refractivity contribution in [3.05, 3.63) is 70.8 Å². The molecule has 6 rings (SSSR count). The minimum Gasteiger partial charge on any atom is -0.383 e. The molecule has 37 heavy (non-hydrogen) atoms. The smallest absolute Gasteiger partial charge is 0.383 e. The van der Waals surface area contributed by atoms with Crippen molar-refractivity contribution >= 4 is 42.6 Å². The summed E-state index contributed by atoms with van der Waals surface area (Å²) in [5.41, 5.74) is 8.35. The molecule has 1 atom stereocenters. The Morgan fingerprint density at radius 1 is 1.08 bits per heavy atom. The summed E-state index contributed by atoms with van der Waals surface area (Å²) in [6.45, 7) is 3.95. The number of anilines is 1. The third kappa shape index (κ3) is 4.77. The van der Waals surface area contributed by atoms with Gasteiger partial charge < -0.3 is 10.6 Å². The van der Waals surface area contributed by atoms with Gasteiger partial charge in [-0.2, -0.15) is 0 Å². The van der Waals surface area contributed by atoms with Gasteiger partial charge >= 0.3 is 135 Å². The van der Waals surface area contributed by atoms with Gasteiger partial charge in [0.25, 0.3) is 5.91 Å². The van der Waals surface area contributed by atoms with Crippen molar-refractivity contribution in [2.75, 3.05) is 27.7 Å². The van der Waals surface area contributed by atoms with Gasteiger partial charge in [-0.05, 0) is 12.8 Å². The van der Waals surface area contributed by atoms with E-state index in [1.54, 1.807) is 4.68 Å². The number of ether oxygens (including phenoxy) is 1. The summed E-state index contributed by atoms with van der Waals surface area (Å²) >= 11 is -0.766. The van der Waals surface area contributed by atoms with Crippen molar-refractivity contribution in [3.8, 4) is 22.8 Å². The third-order valence-electron chi connectivity index (χ3n) is 6.64. The monoisotopic (exact) mass is 612 g/mol.